The van der Waals surface area contributed by atoms with Crippen LogP contribution in [0.15, 0.2) is 60.8 Å². The van der Waals surface area contributed by atoms with E-state index in [0.717, 1.165) is 18.2 Å². The summed E-state index contributed by atoms with van der Waals surface area (Å²) in [5, 5.41) is 16.6. The molecule has 0 saturated heterocycles. The number of aromatic nitrogens is 1. The van der Waals surface area contributed by atoms with Crippen LogP contribution >= 0.6 is 0 Å². The summed E-state index contributed by atoms with van der Waals surface area (Å²) in [6.07, 6.45) is 1.40. The molecule has 2 amide bonds. The molecule has 1 aromatic heterocycles. The van der Waals surface area contributed by atoms with E-state index in [1.165, 1.54) is 36.5 Å². The molecule has 4 aromatic rings. The quantitative estimate of drug-likeness (QED) is 0.353. The third kappa shape index (κ3) is 5.40. The van der Waals surface area contributed by atoms with Gasteiger partial charge in [-0.3, -0.25) is 4.98 Å². The second-order valence-corrected chi connectivity index (χ2v) is 6.70. The summed E-state index contributed by atoms with van der Waals surface area (Å²) in [5.74, 6) is -2.78. The van der Waals surface area contributed by atoms with Gasteiger partial charge < -0.3 is 20.5 Å². The van der Waals surface area contributed by atoms with Crippen LogP contribution in [0.25, 0.3) is 15.7 Å². The first-order chi connectivity index (χ1) is 15.8. The maximum absolute atomic E-state index is 14.5. The van der Waals surface area contributed by atoms with Crippen LogP contribution < -0.4 is 50.0 Å². The van der Waals surface area contributed by atoms with Crippen molar-refractivity contribution in [2.24, 2.45) is 0 Å². The number of halogens is 3. The minimum atomic E-state index is -0.982. The molecule has 0 unspecified atom stereocenters. The first kappa shape index (κ1) is 24.9. The molecule has 0 aliphatic carbocycles. The van der Waals surface area contributed by atoms with Gasteiger partial charge in [-0.2, -0.15) is 0 Å². The van der Waals surface area contributed by atoms with Crippen molar-refractivity contribution >= 4 is 34.0 Å². The van der Waals surface area contributed by atoms with Crippen LogP contribution in [-0.2, 0) is 0 Å². The van der Waals surface area contributed by atoms with Crippen molar-refractivity contribution in [1.82, 2.24) is 4.98 Å². The molecule has 11 heteroatoms. The van der Waals surface area contributed by atoms with E-state index in [1.54, 1.807) is 0 Å². The minimum absolute atomic E-state index is 0. The van der Waals surface area contributed by atoms with Crippen molar-refractivity contribution in [3.8, 4) is 17.2 Å². The standard InChI is InChI=1S/C23H13F3N4O3.Na/c1-27-20-10-14-19(11-21(20)31)28-7-6-22(14)33-13-3-5-18(16(26)9-13)30-23(32)29-17-4-2-12(24)8-15(17)25;/h2-11,31H,(H2,29,30,32);/q;+1/p-1. The number of hydrogen-bond donors (Lipinski definition) is 2. The zero-order valence-electron chi connectivity index (χ0n) is 17.5. The smallest absolute Gasteiger partial charge is 0.881 e. The molecule has 7 nitrogen and oxygen atoms in total. The van der Waals surface area contributed by atoms with Crippen molar-refractivity contribution in [3.05, 3.63) is 89.7 Å². The molecule has 164 valence electrons. The van der Waals surface area contributed by atoms with E-state index in [4.69, 9.17) is 11.3 Å². The van der Waals surface area contributed by atoms with E-state index in [-0.39, 0.29) is 58.1 Å². The Kier molecular flexibility index (Phi) is 7.63. The Balaban J connectivity index is 0.00000324. The number of carbonyl (C=O) groups excluding carboxylic acids is 1. The van der Waals surface area contributed by atoms with Crippen molar-refractivity contribution < 1.29 is 57.4 Å². The van der Waals surface area contributed by atoms with E-state index in [0.29, 0.717) is 17.0 Å². The van der Waals surface area contributed by atoms with E-state index in [1.807, 2.05) is 0 Å². The number of urea groups is 1. The number of hydrogen-bond acceptors (Lipinski definition) is 4. The number of carbonyl (C=O) groups is 1. The van der Waals surface area contributed by atoms with Crippen molar-refractivity contribution in [1.29, 1.82) is 0 Å². The summed E-state index contributed by atoms with van der Waals surface area (Å²) in [7, 11) is 0. The van der Waals surface area contributed by atoms with Gasteiger partial charge in [-0.25, -0.2) is 22.8 Å². The maximum atomic E-state index is 14.5. The van der Waals surface area contributed by atoms with E-state index >= 15 is 0 Å². The van der Waals surface area contributed by atoms with Gasteiger partial charge in [0.25, 0.3) is 0 Å². The SMILES string of the molecule is [C-]#[N+]c1cc2c(Oc3ccc(NC(=O)Nc4ccc(F)cc4F)c(F)c3)ccnc2cc1[O-].[Na+]. The summed E-state index contributed by atoms with van der Waals surface area (Å²) in [6, 6.07) is 9.34. The fraction of sp³-hybridized carbons (Fsp3) is 0. The number of ether oxygens (including phenoxy) is 1. The molecule has 0 fully saturated rings. The Bertz CT molecular complexity index is 1440. The number of rotatable bonds is 4. The Morgan fingerprint density at radius 3 is 2.29 bits per heavy atom. The van der Waals surface area contributed by atoms with E-state index in [2.05, 4.69) is 20.5 Å². The molecule has 1 heterocycles. The van der Waals surface area contributed by atoms with Gasteiger partial charge in [0.1, 0.15) is 29.0 Å². The first-order valence-electron chi connectivity index (χ1n) is 9.32. The van der Waals surface area contributed by atoms with Gasteiger partial charge >= 0.3 is 35.6 Å². The van der Waals surface area contributed by atoms with Gasteiger partial charge in [0.15, 0.2) is 5.69 Å². The molecular weight excluding hydrogens is 460 g/mol. The van der Waals surface area contributed by atoms with Crippen LogP contribution in [0, 0.1) is 24.0 Å². The van der Waals surface area contributed by atoms with Crippen molar-refractivity contribution in [2.75, 3.05) is 10.6 Å². The van der Waals surface area contributed by atoms with E-state index < -0.39 is 29.2 Å². The number of amides is 2. The Labute approximate surface area is 213 Å². The predicted octanol–water partition coefficient (Wildman–Crippen LogP) is 2.72. The topological polar surface area (TPSA) is 90.7 Å². The average Bonchev–Trinajstić information content (AvgIpc) is 2.77. The third-order valence-corrected chi connectivity index (χ3v) is 4.50. The molecule has 0 spiro atoms. The third-order valence-electron chi connectivity index (χ3n) is 4.50. The number of nitrogens with one attached hydrogen (secondary N) is 2. The fourth-order valence-electron chi connectivity index (χ4n) is 2.97. The molecule has 34 heavy (non-hydrogen) atoms. The van der Waals surface area contributed by atoms with Gasteiger partial charge in [0, 0.05) is 23.7 Å². The zero-order valence-corrected chi connectivity index (χ0v) is 19.5. The molecule has 0 aliphatic heterocycles. The van der Waals surface area contributed by atoms with Crippen LogP contribution in [0.4, 0.5) is 35.0 Å². The fourth-order valence-corrected chi connectivity index (χ4v) is 2.97. The van der Waals surface area contributed by atoms with Crippen LogP contribution in [-0.4, -0.2) is 11.0 Å². The summed E-state index contributed by atoms with van der Waals surface area (Å²) in [4.78, 5) is 19.3. The Hall–Kier alpha value is -3.78. The maximum Gasteiger partial charge on any atom is 1.00 e. The molecule has 0 bridgehead atoms. The number of nitrogens with zero attached hydrogens (tertiary/aromatic N) is 2. The second kappa shape index (κ2) is 10.4. The molecular formula is C23H12F3N4NaO3. The summed E-state index contributed by atoms with van der Waals surface area (Å²) < 4.78 is 46.8. The number of anilines is 2. The zero-order chi connectivity index (χ0) is 23.5. The molecule has 0 radical (unpaired) electrons. The van der Waals surface area contributed by atoms with Crippen molar-refractivity contribution in [3.63, 3.8) is 0 Å². The van der Waals surface area contributed by atoms with Crippen molar-refractivity contribution in [2.45, 2.75) is 0 Å². The Morgan fingerprint density at radius 2 is 1.65 bits per heavy atom. The molecule has 3 aromatic carbocycles. The van der Waals surface area contributed by atoms with E-state index in [9.17, 15) is 23.1 Å². The monoisotopic (exact) mass is 472 g/mol. The van der Waals surface area contributed by atoms with Gasteiger partial charge in [-0.1, -0.05) is 6.07 Å². The van der Waals surface area contributed by atoms with Gasteiger partial charge in [-0.15, -0.1) is 5.75 Å². The van der Waals surface area contributed by atoms with Gasteiger partial charge in [0.05, 0.1) is 23.5 Å². The summed E-state index contributed by atoms with van der Waals surface area (Å²) >= 11 is 0. The molecule has 0 atom stereocenters. The minimum Gasteiger partial charge on any atom is -0.881 e. The predicted molar refractivity (Wildman–Crippen MR) is 113 cm³/mol. The molecule has 0 saturated carbocycles. The van der Waals surface area contributed by atoms with Crippen LogP contribution in [0.5, 0.6) is 17.2 Å². The van der Waals surface area contributed by atoms with Gasteiger partial charge in [0.2, 0.25) is 0 Å². The number of benzene rings is 3. The Morgan fingerprint density at radius 1 is 0.971 bits per heavy atom. The average molecular weight is 472 g/mol. The number of pyridine rings is 1. The molecule has 0 aliphatic rings. The summed E-state index contributed by atoms with van der Waals surface area (Å²) in [6.45, 7) is 7.09. The molecule has 2 N–H and O–H groups in total. The van der Waals surface area contributed by atoms with Crippen LogP contribution in [0.3, 0.4) is 0 Å². The second-order valence-electron chi connectivity index (χ2n) is 6.70. The van der Waals surface area contributed by atoms with Crippen LogP contribution in [0.1, 0.15) is 0 Å². The van der Waals surface area contributed by atoms with Crippen LogP contribution in [0.2, 0.25) is 0 Å². The normalized spacial score (nSPS) is 10.2. The summed E-state index contributed by atoms with van der Waals surface area (Å²) in [5.41, 5.74) is -0.282. The first-order valence-corrected chi connectivity index (χ1v) is 9.32. The number of fused-ring (bicyclic) bond motifs is 1. The molecule has 4 rings (SSSR count). The van der Waals surface area contributed by atoms with Gasteiger partial charge in [-0.05, 0) is 36.4 Å². The largest absolute Gasteiger partial charge is 1.00 e.